The Kier molecular flexibility index (Phi) is 6.54. The van der Waals surface area contributed by atoms with Gasteiger partial charge in [-0.2, -0.15) is 5.26 Å². The molecule has 0 fully saturated rings. The highest BCUT2D eigenvalue weighted by Gasteiger charge is 2.17. The van der Waals surface area contributed by atoms with Gasteiger partial charge in [0.2, 0.25) is 0 Å². The molecule has 1 aromatic rings. The second kappa shape index (κ2) is 7.91. The summed E-state index contributed by atoms with van der Waals surface area (Å²) in [6.45, 7) is 10.1. The fourth-order valence-electron chi connectivity index (χ4n) is 1.96. The van der Waals surface area contributed by atoms with Crippen molar-refractivity contribution in [2.75, 3.05) is 13.2 Å². The van der Waals surface area contributed by atoms with Gasteiger partial charge in [-0.3, -0.25) is 0 Å². The summed E-state index contributed by atoms with van der Waals surface area (Å²) in [5, 5.41) is 12.1. The second-order valence-electron chi connectivity index (χ2n) is 5.64. The minimum absolute atomic E-state index is 0.127. The molecule has 0 saturated heterocycles. The van der Waals surface area contributed by atoms with Crippen LogP contribution in [-0.4, -0.2) is 19.2 Å². The average molecular weight is 274 g/mol. The second-order valence-corrected chi connectivity index (χ2v) is 5.64. The normalized spacial score (nSPS) is 12.8. The van der Waals surface area contributed by atoms with Crippen LogP contribution in [0.15, 0.2) is 24.3 Å². The Labute approximate surface area is 123 Å². The van der Waals surface area contributed by atoms with Gasteiger partial charge in [-0.05, 0) is 36.1 Å². The SMILES string of the molecule is CCNC(C#N)CCOc1ccc(C(C)(C)CC)cc1. The van der Waals surface area contributed by atoms with Crippen molar-refractivity contribution in [2.45, 2.75) is 52.0 Å². The van der Waals surface area contributed by atoms with E-state index < -0.39 is 0 Å². The van der Waals surface area contributed by atoms with Crippen LogP contribution in [-0.2, 0) is 5.41 Å². The summed E-state index contributed by atoms with van der Waals surface area (Å²) in [5.74, 6) is 0.869. The van der Waals surface area contributed by atoms with E-state index in [9.17, 15) is 0 Å². The fourth-order valence-corrected chi connectivity index (χ4v) is 1.96. The van der Waals surface area contributed by atoms with Crippen LogP contribution in [0, 0.1) is 11.3 Å². The molecule has 3 nitrogen and oxygen atoms in total. The van der Waals surface area contributed by atoms with Crippen molar-refractivity contribution in [2.24, 2.45) is 0 Å². The quantitative estimate of drug-likeness (QED) is 0.787. The molecule has 0 aliphatic rings. The van der Waals surface area contributed by atoms with E-state index in [0.717, 1.165) is 18.7 Å². The number of ether oxygens (including phenoxy) is 1. The number of nitrogens with zero attached hydrogens (tertiary/aromatic N) is 1. The zero-order valence-corrected chi connectivity index (χ0v) is 13.1. The van der Waals surface area contributed by atoms with Gasteiger partial charge in [-0.1, -0.05) is 39.8 Å². The number of hydrogen-bond acceptors (Lipinski definition) is 3. The minimum atomic E-state index is -0.127. The minimum Gasteiger partial charge on any atom is -0.493 e. The number of nitriles is 1. The summed E-state index contributed by atoms with van der Waals surface area (Å²) in [6.07, 6.45) is 1.81. The van der Waals surface area contributed by atoms with E-state index in [1.54, 1.807) is 0 Å². The first-order valence-electron chi connectivity index (χ1n) is 7.39. The molecule has 1 unspecified atom stereocenters. The van der Waals surface area contributed by atoms with Gasteiger partial charge >= 0.3 is 0 Å². The molecule has 0 heterocycles. The van der Waals surface area contributed by atoms with Gasteiger partial charge in [0.15, 0.2) is 0 Å². The molecule has 0 aliphatic heterocycles. The van der Waals surface area contributed by atoms with E-state index in [-0.39, 0.29) is 11.5 Å². The molecular formula is C17H26N2O. The van der Waals surface area contributed by atoms with Crippen LogP contribution in [0.5, 0.6) is 5.75 Å². The van der Waals surface area contributed by atoms with Crippen LogP contribution in [0.3, 0.4) is 0 Å². The summed E-state index contributed by atoms with van der Waals surface area (Å²) in [7, 11) is 0. The molecule has 1 atom stereocenters. The molecule has 0 bridgehead atoms. The van der Waals surface area contributed by atoms with Crippen molar-refractivity contribution in [1.29, 1.82) is 5.26 Å². The van der Waals surface area contributed by atoms with Gasteiger partial charge < -0.3 is 10.1 Å². The van der Waals surface area contributed by atoms with Gasteiger partial charge in [0, 0.05) is 6.42 Å². The number of rotatable bonds is 8. The molecule has 1 aromatic carbocycles. The molecule has 110 valence electrons. The number of benzene rings is 1. The van der Waals surface area contributed by atoms with E-state index >= 15 is 0 Å². The van der Waals surface area contributed by atoms with Gasteiger partial charge in [0.05, 0.1) is 18.7 Å². The summed E-state index contributed by atoms with van der Waals surface area (Å²) in [6, 6.07) is 10.4. The van der Waals surface area contributed by atoms with E-state index in [4.69, 9.17) is 10.00 Å². The Morgan fingerprint density at radius 2 is 1.90 bits per heavy atom. The summed E-state index contributed by atoms with van der Waals surface area (Å²) in [4.78, 5) is 0. The monoisotopic (exact) mass is 274 g/mol. The van der Waals surface area contributed by atoms with Crippen molar-refractivity contribution >= 4 is 0 Å². The lowest BCUT2D eigenvalue weighted by molar-refractivity contribution is 0.298. The highest BCUT2D eigenvalue weighted by atomic mass is 16.5. The van der Waals surface area contributed by atoms with E-state index in [1.807, 2.05) is 19.1 Å². The lowest BCUT2D eigenvalue weighted by atomic mass is 9.82. The number of nitrogens with one attached hydrogen (secondary N) is 1. The Hall–Kier alpha value is -1.53. The molecule has 20 heavy (non-hydrogen) atoms. The molecular weight excluding hydrogens is 248 g/mol. The van der Waals surface area contributed by atoms with Gasteiger partial charge in [-0.15, -0.1) is 0 Å². The third-order valence-corrected chi connectivity index (χ3v) is 3.80. The molecule has 0 spiro atoms. The van der Waals surface area contributed by atoms with Crippen molar-refractivity contribution < 1.29 is 4.74 Å². The average Bonchev–Trinajstić information content (AvgIpc) is 2.47. The van der Waals surface area contributed by atoms with E-state index in [0.29, 0.717) is 13.0 Å². The van der Waals surface area contributed by atoms with E-state index in [2.05, 4.69) is 44.3 Å². The third kappa shape index (κ3) is 4.86. The molecule has 3 heteroatoms. The van der Waals surface area contributed by atoms with E-state index in [1.165, 1.54) is 5.56 Å². The maximum Gasteiger partial charge on any atom is 0.119 e. The Bertz CT molecular complexity index is 431. The predicted molar refractivity (Wildman–Crippen MR) is 82.9 cm³/mol. The van der Waals surface area contributed by atoms with Crippen molar-refractivity contribution in [3.63, 3.8) is 0 Å². The lowest BCUT2D eigenvalue weighted by Gasteiger charge is -2.23. The van der Waals surface area contributed by atoms with Crippen LogP contribution < -0.4 is 10.1 Å². The molecule has 0 aliphatic carbocycles. The summed E-state index contributed by atoms with van der Waals surface area (Å²) < 4.78 is 5.69. The molecule has 0 radical (unpaired) electrons. The molecule has 0 saturated carbocycles. The highest BCUT2D eigenvalue weighted by molar-refractivity contribution is 5.31. The first kappa shape index (κ1) is 16.5. The topological polar surface area (TPSA) is 45.0 Å². The first-order chi connectivity index (χ1) is 9.53. The van der Waals surface area contributed by atoms with Crippen LogP contribution in [0.1, 0.15) is 46.1 Å². The zero-order valence-electron chi connectivity index (χ0n) is 13.1. The standard InChI is InChI=1S/C17H26N2O/c1-5-17(3,4)14-7-9-16(10-8-14)20-12-11-15(13-18)19-6-2/h7-10,15,19H,5-6,11-12H2,1-4H3. The fraction of sp³-hybridized carbons (Fsp3) is 0.588. The molecule has 1 rings (SSSR count). The maximum atomic E-state index is 8.94. The summed E-state index contributed by atoms with van der Waals surface area (Å²) in [5.41, 5.74) is 1.53. The van der Waals surface area contributed by atoms with Crippen LogP contribution in [0.25, 0.3) is 0 Å². The van der Waals surface area contributed by atoms with Crippen LogP contribution in [0.4, 0.5) is 0 Å². The summed E-state index contributed by atoms with van der Waals surface area (Å²) >= 11 is 0. The van der Waals surface area contributed by atoms with Crippen molar-refractivity contribution in [3.8, 4) is 11.8 Å². The van der Waals surface area contributed by atoms with Crippen LogP contribution in [0.2, 0.25) is 0 Å². The van der Waals surface area contributed by atoms with Crippen LogP contribution >= 0.6 is 0 Å². The van der Waals surface area contributed by atoms with Gasteiger partial charge in [-0.25, -0.2) is 0 Å². The highest BCUT2D eigenvalue weighted by Crippen LogP contribution is 2.28. The zero-order chi connectivity index (χ0) is 15.0. The largest absolute Gasteiger partial charge is 0.493 e. The van der Waals surface area contributed by atoms with Gasteiger partial charge in [0.1, 0.15) is 5.75 Å². The lowest BCUT2D eigenvalue weighted by Crippen LogP contribution is -2.28. The smallest absolute Gasteiger partial charge is 0.119 e. The Morgan fingerprint density at radius 3 is 2.40 bits per heavy atom. The molecule has 0 amide bonds. The van der Waals surface area contributed by atoms with Crippen molar-refractivity contribution in [1.82, 2.24) is 5.32 Å². The molecule has 1 N–H and O–H groups in total. The maximum absolute atomic E-state index is 8.94. The third-order valence-electron chi connectivity index (χ3n) is 3.80. The predicted octanol–water partition coefficient (Wildman–Crippen LogP) is 3.64. The first-order valence-corrected chi connectivity index (χ1v) is 7.39. The van der Waals surface area contributed by atoms with Crippen molar-refractivity contribution in [3.05, 3.63) is 29.8 Å². The number of hydrogen-bond donors (Lipinski definition) is 1. The Balaban J connectivity index is 2.48. The van der Waals surface area contributed by atoms with Gasteiger partial charge in [0.25, 0.3) is 0 Å². The molecule has 0 aromatic heterocycles. The Morgan fingerprint density at radius 1 is 1.25 bits per heavy atom.